The second kappa shape index (κ2) is 3.69. The van der Waals surface area contributed by atoms with Gasteiger partial charge in [0.25, 0.3) is 5.78 Å². The first-order valence-electron chi connectivity index (χ1n) is 3.70. The molecule has 0 fully saturated rings. The molecule has 0 unspecified atom stereocenters. The fourth-order valence-electron chi connectivity index (χ4n) is 0.986. The van der Waals surface area contributed by atoms with E-state index in [0.717, 1.165) is 0 Å². The third-order valence-electron chi connectivity index (χ3n) is 1.68. The van der Waals surface area contributed by atoms with Crippen LogP contribution in [-0.4, -0.2) is 12.0 Å². The molecular formula is C8H3F6NO. The zero-order chi connectivity index (χ0) is 12.7. The monoisotopic (exact) mass is 243 g/mol. The van der Waals surface area contributed by atoms with Crippen LogP contribution in [0.3, 0.4) is 0 Å². The van der Waals surface area contributed by atoms with Crippen molar-refractivity contribution in [3.63, 3.8) is 0 Å². The molecule has 0 atom stereocenters. The molecule has 0 aliphatic rings. The minimum absolute atomic E-state index is 0.109. The maximum atomic E-state index is 12.9. The summed E-state index contributed by atoms with van der Waals surface area (Å²) in [5.41, 5.74) is 1.99. The van der Waals surface area contributed by atoms with Crippen molar-refractivity contribution in [1.82, 2.24) is 0 Å². The summed E-state index contributed by atoms with van der Waals surface area (Å²) in [5, 5.41) is 0. The number of hydrogen-bond donors (Lipinski definition) is 1. The van der Waals surface area contributed by atoms with E-state index in [4.69, 9.17) is 5.73 Å². The predicted molar refractivity (Wildman–Crippen MR) is 41.1 cm³/mol. The third kappa shape index (κ3) is 1.95. The van der Waals surface area contributed by atoms with Crippen LogP contribution in [0.5, 0.6) is 0 Å². The fraction of sp³-hybridized carbons (Fsp3) is 0.125. The molecule has 1 aromatic rings. The third-order valence-corrected chi connectivity index (χ3v) is 1.68. The standard InChI is InChI=1S/C8H3F6NO/c9-2-1-3(15)4(6(11)5(2)10)7(16)8(12,13)14/h1H,15H2. The van der Waals surface area contributed by atoms with Crippen LogP contribution in [0.2, 0.25) is 0 Å². The van der Waals surface area contributed by atoms with Gasteiger partial charge in [-0.1, -0.05) is 0 Å². The van der Waals surface area contributed by atoms with Crippen molar-refractivity contribution in [2.75, 3.05) is 5.73 Å². The summed E-state index contributed by atoms with van der Waals surface area (Å²) in [4.78, 5) is 10.6. The highest BCUT2D eigenvalue weighted by Crippen LogP contribution is 2.29. The Bertz CT molecular complexity index is 453. The van der Waals surface area contributed by atoms with Gasteiger partial charge >= 0.3 is 6.18 Å². The van der Waals surface area contributed by atoms with E-state index < -0.39 is 40.7 Å². The van der Waals surface area contributed by atoms with Crippen molar-refractivity contribution < 1.29 is 31.1 Å². The topological polar surface area (TPSA) is 43.1 Å². The minimum atomic E-state index is -5.42. The molecule has 0 heterocycles. The molecule has 8 heteroatoms. The fourth-order valence-corrected chi connectivity index (χ4v) is 0.986. The number of nitrogens with two attached hydrogens (primary N) is 1. The van der Waals surface area contributed by atoms with Gasteiger partial charge in [-0.3, -0.25) is 4.79 Å². The first-order valence-corrected chi connectivity index (χ1v) is 3.70. The summed E-state index contributed by atoms with van der Waals surface area (Å²) in [5.74, 6) is -8.86. The Balaban J connectivity index is 3.47. The van der Waals surface area contributed by atoms with Crippen molar-refractivity contribution in [2.24, 2.45) is 0 Å². The van der Waals surface area contributed by atoms with Crippen LogP contribution in [0.15, 0.2) is 6.07 Å². The number of Topliss-reactive ketones (excluding diaryl/α,β-unsaturated/α-hetero) is 1. The molecule has 0 saturated carbocycles. The highest BCUT2D eigenvalue weighted by Gasteiger charge is 2.42. The summed E-state index contributed by atoms with van der Waals surface area (Å²) in [6.45, 7) is 0. The Labute approximate surface area is 84.7 Å². The molecular weight excluding hydrogens is 240 g/mol. The van der Waals surface area contributed by atoms with Gasteiger partial charge in [0.15, 0.2) is 17.5 Å². The van der Waals surface area contributed by atoms with Gasteiger partial charge in [-0.05, 0) is 0 Å². The lowest BCUT2D eigenvalue weighted by atomic mass is 10.1. The van der Waals surface area contributed by atoms with Crippen molar-refractivity contribution in [2.45, 2.75) is 6.18 Å². The summed E-state index contributed by atoms with van der Waals surface area (Å²) < 4.78 is 73.8. The van der Waals surface area contributed by atoms with Crippen molar-refractivity contribution in [3.05, 3.63) is 29.1 Å². The average Bonchev–Trinajstić information content (AvgIpc) is 2.13. The van der Waals surface area contributed by atoms with E-state index in [0.29, 0.717) is 0 Å². The maximum Gasteiger partial charge on any atom is 0.455 e. The molecule has 88 valence electrons. The van der Waals surface area contributed by atoms with Gasteiger partial charge in [0.1, 0.15) is 0 Å². The molecule has 1 aromatic carbocycles. The number of carbonyl (C=O) groups excluding carboxylic acids is 1. The Kier molecular flexibility index (Phi) is 2.85. The smallest absolute Gasteiger partial charge is 0.398 e. The number of halogens is 6. The number of anilines is 1. The normalized spacial score (nSPS) is 11.6. The average molecular weight is 243 g/mol. The molecule has 0 radical (unpaired) electrons. The van der Waals surface area contributed by atoms with Crippen LogP contribution in [0.25, 0.3) is 0 Å². The summed E-state index contributed by atoms with van der Waals surface area (Å²) in [6, 6.07) is 0.109. The van der Waals surface area contributed by atoms with Crippen molar-refractivity contribution >= 4 is 11.5 Å². The van der Waals surface area contributed by atoms with Crippen LogP contribution < -0.4 is 5.73 Å². The van der Waals surface area contributed by atoms with Crippen LogP contribution in [0.1, 0.15) is 10.4 Å². The van der Waals surface area contributed by atoms with E-state index in [9.17, 15) is 31.1 Å². The molecule has 0 aromatic heterocycles. The largest absolute Gasteiger partial charge is 0.455 e. The lowest BCUT2D eigenvalue weighted by Crippen LogP contribution is -2.25. The molecule has 0 amide bonds. The maximum absolute atomic E-state index is 12.9. The van der Waals surface area contributed by atoms with E-state index in [1.165, 1.54) is 0 Å². The van der Waals surface area contributed by atoms with Crippen LogP contribution in [0.4, 0.5) is 32.0 Å². The molecule has 0 bridgehead atoms. The van der Waals surface area contributed by atoms with Gasteiger partial charge in [-0.2, -0.15) is 13.2 Å². The van der Waals surface area contributed by atoms with Crippen LogP contribution in [0, 0.1) is 17.5 Å². The Hall–Kier alpha value is -1.73. The minimum Gasteiger partial charge on any atom is -0.398 e. The van der Waals surface area contributed by atoms with E-state index in [1.807, 2.05) is 0 Å². The number of nitrogen functional groups attached to an aromatic ring is 1. The quantitative estimate of drug-likeness (QED) is 0.356. The second-order valence-corrected chi connectivity index (χ2v) is 2.78. The molecule has 2 nitrogen and oxygen atoms in total. The molecule has 0 aliphatic heterocycles. The molecule has 0 spiro atoms. The molecule has 2 N–H and O–H groups in total. The van der Waals surface area contributed by atoms with E-state index in [-0.39, 0.29) is 6.07 Å². The Morgan fingerprint density at radius 2 is 1.62 bits per heavy atom. The Morgan fingerprint density at radius 3 is 2.06 bits per heavy atom. The Morgan fingerprint density at radius 1 is 1.12 bits per heavy atom. The van der Waals surface area contributed by atoms with Gasteiger partial charge in [-0.15, -0.1) is 0 Å². The lowest BCUT2D eigenvalue weighted by molar-refractivity contribution is -0.0887. The summed E-state index contributed by atoms with van der Waals surface area (Å²) in [6.07, 6.45) is -5.42. The van der Waals surface area contributed by atoms with Crippen LogP contribution >= 0.6 is 0 Å². The van der Waals surface area contributed by atoms with Crippen molar-refractivity contribution in [1.29, 1.82) is 0 Å². The van der Waals surface area contributed by atoms with Crippen molar-refractivity contribution in [3.8, 4) is 0 Å². The van der Waals surface area contributed by atoms with E-state index >= 15 is 0 Å². The summed E-state index contributed by atoms with van der Waals surface area (Å²) >= 11 is 0. The highest BCUT2D eigenvalue weighted by molar-refractivity contribution is 6.04. The highest BCUT2D eigenvalue weighted by atomic mass is 19.4. The van der Waals surface area contributed by atoms with Gasteiger partial charge in [0.2, 0.25) is 0 Å². The first-order chi connectivity index (χ1) is 7.16. The van der Waals surface area contributed by atoms with Gasteiger partial charge in [-0.25, -0.2) is 13.2 Å². The zero-order valence-corrected chi connectivity index (χ0v) is 7.33. The van der Waals surface area contributed by atoms with Crippen LogP contribution in [-0.2, 0) is 0 Å². The zero-order valence-electron chi connectivity index (χ0n) is 7.33. The number of rotatable bonds is 1. The number of ketones is 1. The van der Waals surface area contributed by atoms with Gasteiger partial charge < -0.3 is 5.73 Å². The number of hydrogen-bond acceptors (Lipinski definition) is 2. The van der Waals surface area contributed by atoms with Gasteiger partial charge in [0.05, 0.1) is 5.56 Å². The number of carbonyl (C=O) groups is 1. The molecule has 16 heavy (non-hydrogen) atoms. The van der Waals surface area contributed by atoms with E-state index in [1.54, 1.807) is 0 Å². The molecule has 1 rings (SSSR count). The van der Waals surface area contributed by atoms with Gasteiger partial charge in [0, 0.05) is 11.8 Å². The number of alkyl halides is 3. The molecule has 0 aliphatic carbocycles. The predicted octanol–water partition coefficient (Wildman–Crippen LogP) is 2.43. The molecule has 0 saturated heterocycles. The SMILES string of the molecule is Nc1cc(F)c(F)c(F)c1C(=O)C(F)(F)F. The number of benzene rings is 1. The summed E-state index contributed by atoms with van der Waals surface area (Å²) in [7, 11) is 0. The second-order valence-electron chi connectivity index (χ2n) is 2.78. The van der Waals surface area contributed by atoms with E-state index in [2.05, 4.69) is 0 Å². The lowest BCUT2D eigenvalue weighted by Gasteiger charge is -2.09. The first kappa shape index (κ1) is 12.3.